The van der Waals surface area contributed by atoms with Gasteiger partial charge in [0.1, 0.15) is 11.8 Å². The van der Waals surface area contributed by atoms with E-state index in [0.717, 1.165) is 5.56 Å². The summed E-state index contributed by atoms with van der Waals surface area (Å²) in [6.45, 7) is 3.33. The Balaban J connectivity index is 2.13. The molecule has 2 rings (SSSR count). The van der Waals surface area contributed by atoms with E-state index in [0.29, 0.717) is 24.2 Å². The van der Waals surface area contributed by atoms with Gasteiger partial charge >= 0.3 is 5.97 Å². The quantitative estimate of drug-likeness (QED) is 0.761. The Morgan fingerprint density at radius 3 is 2.33 bits per heavy atom. The molecule has 0 saturated heterocycles. The van der Waals surface area contributed by atoms with E-state index in [4.69, 9.17) is 9.52 Å². The van der Waals surface area contributed by atoms with E-state index in [1.807, 2.05) is 6.92 Å². The Morgan fingerprint density at radius 2 is 1.79 bits per heavy atom. The summed E-state index contributed by atoms with van der Waals surface area (Å²) in [6.07, 6.45) is 0.990. The van der Waals surface area contributed by atoms with E-state index >= 15 is 0 Å². The third-order valence-electron chi connectivity index (χ3n) is 3.59. The number of Topliss-reactive ketones (excluding diaryl/α,β-unsaturated/α-hetero) is 1. The minimum absolute atomic E-state index is 0.0308. The van der Waals surface area contributed by atoms with Crippen molar-refractivity contribution in [2.45, 2.75) is 32.7 Å². The molecule has 1 aromatic heterocycles. The molecule has 0 radical (unpaired) electrons. The first kappa shape index (κ1) is 17.5. The SMILES string of the molecule is CCCC(NC(=O)c1ccc(-c2ccc(C(C)=O)cc2)o1)C(=O)O. The summed E-state index contributed by atoms with van der Waals surface area (Å²) in [5, 5.41) is 11.5. The molecule has 1 amide bonds. The van der Waals surface area contributed by atoms with Crippen molar-refractivity contribution in [3.63, 3.8) is 0 Å². The molecule has 0 fully saturated rings. The highest BCUT2D eigenvalue weighted by Gasteiger charge is 2.21. The molecule has 0 spiro atoms. The topological polar surface area (TPSA) is 96.6 Å². The smallest absolute Gasteiger partial charge is 0.326 e. The fourth-order valence-corrected chi connectivity index (χ4v) is 2.26. The van der Waals surface area contributed by atoms with Crippen LogP contribution in [0.1, 0.15) is 47.6 Å². The standard InChI is InChI=1S/C18H19NO5/c1-3-4-14(18(22)23)19-17(21)16-10-9-15(24-16)13-7-5-12(6-8-13)11(2)20/h5-10,14H,3-4H2,1-2H3,(H,19,21)(H,22,23). The Kier molecular flexibility index (Phi) is 5.52. The molecule has 2 N–H and O–H groups in total. The molecule has 6 heteroatoms. The lowest BCUT2D eigenvalue weighted by molar-refractivity contribution is -0.139. The van der Waals surface area contributed by atoms with Crippen LogP contribution in [-0.2, 0) is 4.79 Å². The number of furan rings is 1. The first-order valence-corrected chi connectivity index (χ1v) is 7.67. The number of ketones is 1. The van der Waals surface area contributed by atoms with Crippen LogP contribution in [0.5, 0.6) is 0 Å². The van der Waals surface area contributed by atoms with Crippen molar-refractivity contribution in [1.29, 1.82) is 0 Å². The molecule has 0 saturated carbocycles. The molecular weight excluding hydrogens is 310 g/mol. The molecule has 0 aliphatic heterocycles. The molecule has 1 aromatic carbocycles. The second-order valence-electron chi connectivity index (χ2n) is 5.45. The maximum Gasteiger partial charge on any atom is 0.326 e. The van der Waals surface area contributed by atoms with Gasteiger partial charge in [0, 0.05) is 11.1 Å². The predicted octanol–water partition coefficient (Wildman–Crippen LogP) is 3.13. The van der Waals surface area contributed by atoms with Gasteiger partial charge in [-0.1, -0.05) is 37.6 Å². The van der Waals surface area contributed by atoms with Crippen LogP contribution >= 0.6 is 0 Å². The van der Waals surface area contributed by atoms with Crippen LogP contribution in [-0.4, -0.2) is 28.8 Å². The third kappa shape index (κ3) is 4.10. The number of carboxylic acid groups (broad SMARTS) is 1. The molecule has 1 heterocycles. The molecule has 2 aromatic rings. The van der Waals surface area contributed by atoms with Crippen LogP contribution in [0.25, 0.3) is 11.3 Å². The van der Waals surface area contributed by atoms with Crippen LogP contribution in [0.2, 0.25) is 0 Å². The summed E-state index contributed by atoms with van der Waals surface area (Å²) >= 11 is 0. The van der Waals surface area contributed by atoms with Gasteiger partial charge in [0.25, 0.3) is 5.91 Å². The lowest BCUT2D eigenvalue weighted by Gasteiger charge is -2.12. The van der Waals surface area contributed by atoms with E-state index in [2.05, 4.69) is 5.32 Å². The summed E-state index contributed by atoms with van der Waals surface area (Å²) < 4.78 is 5.50. The van der Waals surface area contributed by atoms with Gasteiger partial charge < -0.3 is 14.8 Å². The highest BCUT2D eigenvalue weighted by molar-refractivity contribution is 5.95. The first-order valence-electron chi connectivity index (χ1n) is 7.67. The number of rotatable bonds is 7. The molecule has 1 atom stereocenters. The van der Waals surface area contributed by atoms with E-state index in [1.165, 1.54) is 13.0 Å². The highest BCUT2D eigenvalue weighted by Crippen LogP contribution is 2.23. The van der Waals surface area contributed by atoms with E-state index in [1.54, 1.807) is 30.3 Å². The second-order valence-corrected chi connectivity index (χ2v) is 5.45. The number of carbonyl (C=O) groups is 3. The van der Waals surface area contributed by atoms with Gasteiger partial charge in [-0.05, 0) is 25.5 Å². The summed E-state index contributed by atoms with van der Waals surface area (Å²) in [7, 11) is 0. The van der Waals surface area contributed by atoms with Crippen molar-refractivity contribution < 1.29 is 23.9 Å². The predicted molar refractivity (Wildman–Crippen MR) is 87.9 cm³/mol. The number of aliphatic carboxylic acids is 1. The molecule has 0 bridgehead atoms. The fraction of sp³-hybridized carbons (Fsp3) is 0.278. The minimum Gasteiger partial charge on any atom is -0.480 e. The monoisotopic (exact) mass is 329 g/mol. The summed E-state index contributed by atoms with van der Waals surface area (Å²) in [5.74, 6) is -1.16. The van der Waals surface area contributed by atoms with Gasteiger partial charge in [0.15, 0.2) is 11.5 Å². The molecule has 126 valence electrons. The summed E-state index contributed by atoms with van der Waals surface area (Å²) in [5.41, 5.74) is 1.31. The van der Waals surface area contributed by atoms with Crippen LogP contribution in [0, 0.1) is 0 Å². The number of amides is 1. The van der Waals surface area contributed by atoms with Crippen LogP contribution < -0.4 is 5.32 Å². The normalized spacial score (nSPS) is 11.8. The average Bonchev–Trinajstić information content (AvgIpc) is 3.04. The van der Waals surface area contributed by atoms with Crippen molar-refractivity contribution in [1.82, 2.24) is 5.32 Å². The molecule has 0 aliphatic rings. The Morgan fingerprint density at radius 1 is 1.12 bits per heavy atom. The number of hydrogen-bond donors (Lipinski definition) is 2. The van der Waals surface area contributed by atoms with Gasteiger partial charge in [-0.3, -0.25) is 9.59 Å². The van der Waals surface area contributed by atoms with E-state index in [-0.39, 0.29) is 11.5 Å². The zero-order valence-corrected chi connectivity index (χ0v) is 13.5. The molecule has 6 nitrogen and oxygen atoms in total. The van der Waals surface area contributed by atoms with Crippen LogP contribution in [0.4, 0.5) is 0 Å². The number of nitrogens with one attached hydrogen (secondary N) is 1. The molecule has 24 heavy (non-hydrogen) atoms. The highest BCUT2D eigenvalue weighted by atomic mass is 16.4. The van der Waals surface area contributed by atoms with Crippen molar-refractivity contribution in [2.24, 2.45) is 0 Å². The maximum atomic E-state index is 12.1. The van der Waals surface area contributed by atoms with Gasteiger partial charge in [0.2, 0.25) is 0 Å². The van der Waals surface area contributed by atoms with Crippen molar-refractivity contribution in [2.75, 3.05) is 0 Å². The van der Waals surface area contributed by atoms with E-state index in [9.17, 15) is 14.4 Å². The van der Waals surface area contributed by atoms with Gasteiger partial charge in [-0.2, -0.15) is 0 Å². The number of carbonyl (C=O) groups excluding carboxylic acids is 2. The zero-order chi connectivity index (χ0) is 17.7. The molecule has 0 aliphatic carbocycles. The largest absolute Gasteiger partial charge is 0.480 e. The summed E-state index contributed by atoms with van der Waals surface area (Å²) in [4.78, 5) is 34.5. The number of carboxylic acids is 1. The first-order chi connectivity index (χ1) is 11.4. The lowest BCUT2D eigenvalue weighted by Crippen LogP contribution is -2.40. The van der Waals surface area contributed by atoms with Gasteiger partial charge in [0.05, 0.1) is 0 Å². The second kappa shape index (κ2) is 7.59. The average molecular weight is 329 g/mol. The van der Waals surface area contributed by atoms with Crippen molar-refractivity contribution in [3.8, 4) is 11.3 Å². The van der Waals surface area contributed by atoms with Crippen molar-refractivity contribution in [3.05, 3.63) is 47.7 Å². The van der Waals surface area contributed by atoms with Crippen LogP contribution in [0.15, 0.2) is 40.8 Å². The molecular formula is C18H19NO5. The fourth-order valence-electron chi connectivity index (χ4n) is 2.26. The summed E-state index contributed by atoms with van der Waals surface area (Å²) in [6, 6.07) is 9.01. The van der Waals surface area contributed by atoms with E-state index < -0.39 is 17.9 Å². The van der Waals surface area contributed by atoms with Crippen LogP contribution in [0.3, 0.4) is 0 Å². The molecule has 1 unspecified atom stereocenters. The number of hydrogen-bond acceptors (Lipinski definition) is 4. The lowest BCUT2D eigenvalue weighted by atomic mass is 10.1. The Hall–Kier alpha value is -2.89. The zero-order valence-electron chi connectivity index (χ0n) is 13.5. The maximum absolute atomic E-state index is 12.1. The van der Waals surface area contributed by atoms with Gasteiger partial charge in [-0.25, -0.2) is 4.79 Å². The Labute approximate surface area is 139 Å². The van der Waals surface area contributed by atoms with Crippen molar-refractivity contribution >= 4 is 17.7 Å². The van der Waals surface area contributed by atoms with Gasteiger partial charge in [-0.15, -0.1) is 0 Å². The number of benzene rings is 1. The third-order valence-corrected chi connectivity index (χ3v) is 3.59. The minimum atomic E-state index is -1.07. The Bertz CT molecular complexity index is 745.